The number of hydrogen-bond acceptors (Lipinski definition) is 2. The van der Waals surface area contributed by atoms with Crippen LogP contribution in [0.2, 0.25) is 0 Å². The number of ether oxygens (including phenoxy) is 1. The van der Waals surface area contributed by atoms with Crippen LogP contribution in [0.15, 0.2) is 42.5 Å². The second-order valence-electron chi connectivity index (χ2n) is 4.54. The summed E-state index contributed by atoms with van der Waals surface area (Å²) in [6.07, 6.45) is 0.843. The van der Waals surface area contributed by atoms with Gasteiger partial charge in [-0.1, -0.05) is 31.2 Å². The monoisotopic (exact) mass is 259 g/mol. The molecule has 2 aromatic carbocycles. The highest BCUT2D eigenvalue weighted by Crippen LogP contribution is 2.29. The number of hydrogen-bond donors (Lipinski definition) is 1. The van der Waals surface area contributed by atoms with Crippen LogP contribution in [-0.2, 0) is 6.42 Å². The molecule has 0 fully saturated rings. The number of nitrogens with two attached hydrogens (primary N) is 1. The van der Waals surface area contributed by atoms with Crippen molar-refractivity contribution < 1.29 is 9.13 Å². The first-order chi connectivity index (χ1) is 9.11. The summed E-state index contributed by atoms with van der Waals surface area (Å²) in [6, 6.07) is 12.3. The molecule has 0 saturated heterocycles. The van der Waals surface area contributed by atoms with E-state index >= 15 is 0 Å². The summed E-state index contributed by atoms with van der Waals surface area (Å²) in [4.78, 5) is 0. The Morgan fingerprint density at radius 1 is 1.16 bits per heavy atom. The van der Waals surface area contributed by atoms with Gasteiger partial charge >= 0.3 is 0 Å². The Balaban J connectivity index is 2.28. The summed E-state index contributed by atoms with van der Waals surface area (Å²) in [5, 5.41) is 0. The van der Waals surface area contributed by atoms with Crippen LogP contribution in [0.25, 0.3) is 0 Å². The van der Waals surface area contributed by atoms with Gasteiger partial charge in [0.1, 0.15) is 5.75 Å². The van der Waals surface area contributed by atoms with Gasteiger partial charge in [0, 0.05) is 6.04 Å². The van der Waals surface area contributed by atoms with Crippen LogP contribution in [-0.4, -0.2) is 0 Å². The van der Waals surface area contributed by atoms with Crippen molar-refractivity contribution in [1.82, 2.24) is 0 Å². The van der Waals surface area contributed by atoms with Crippen LogP contribution < -0.4 is 10.5 Å². The predicted octanol–water partition coefficient (Wildman–Crippen LogP) is 4.20. The molecule has 1 unspecified atom stereocenters. The molecular formula is C16H18FNO. The fraction of sp³-hybridized carbons (Fsp3) is 0.250. The first-order valence-corrected chi connectivity index (χ1v) is 6.42. The summed E-state index contributed by atoms with van der Waals surface area (Å²) in [5.74, 6) is 0.531. The second-order valence-corrected chi connectivity index (χ2v) is 4.54. The van der Waals surface area contributed by atoms with Crippen molar-refractivity contribution in [2.45, 2.75) is 26.3 Å². The molecule has 0 saturated carbocycles. The molecule has 2 N–H and O–H groups in total. The van der Waals surface area contributed by atoms with Crippen molar-refractivity contribution in [3.63, 3.8) is 0 Å². The van der Waals surface area contributed by atoms with Gasteiger partial charge in [-0.25, -0.2) is 4.39 Å². The molecular weight excluding hydrogens is 241 g/mol. The quantitative estimate of drug-likeness (QED) is 0.893. The van der Waals surface area contributed by atoms with Gasteiger partial charge in [0.2, 0.25) is 0 Å². The topological polar surface area (TPSA) is 35.2 Å². The number of benzene rings is 2. The predicted molar refractivity (Wildman–Crippen MR) is 74.9 cm³/mol. The fourth-order valence-electron chi connectivity index (χ4n) is 1.90. The van der Waals surface area contributed by atoms with Gasteiger partial charge in [-0.05, 0) is 42.7 Å². The van der Waals surface area contributed by atoms with E-state index in [1.165, 1.54) is 6.07 Å². The first-order valence-electron chi connectivity index (χ1n) is 6.42. The molecule has 0 aliphatic carbocycles. The molecule has 0 bridgehead atoms. The highest BCUT2D eigenvalue weighted by atomic mass is 19.1. The van der Waals surface area contributed by atoms with Crippen LogP contribution in [0.1, 0.15) is 31.0 Å². The van der Waals surface area contributed by atoms with Crippen molar-refractivity contribution in [1.29, 1.82) is 0 Å². The maximum atomic E-state index is 14.0. The molecule has 19 heavy (non-hydrogen) atoms. The zero-order valence-electron chi connectivity index (χ0n) is 11.2. The summed E-state index contributed by atoms with van der Waals surface area (Å²) in [5.41, 5.74) is 7.54. The van der Waals surface area contributed by atoms with Crippen LogP contribution in [0.5, 0.6) is 11.5 Å². The van der Waals surface area contributed by atoms with Gasteiger partial charge in [0.05, 0.1) is 0 Å². The molecule has 100 valence electrons. The molecule has 2 aromatic rings. The average Bonchev–Trinajstić information content (AvgIpc) is 2.41. The summed E-state index contributed by atoms with van der Waals surface area (Å²) >= 11 is 0. The van der Waals surface area contributed by atoms with E-state index in [0.717, 1.165) is 17.5 Å². The summed E-state index contributed by atoms with van der Waals surface area (Å²) < 4.78 is 19.6. The van der Waals surface area contributed by atoms with Gasteiger partial charge in [-0.3, -0.25) is 0 Å². The highest BCUT2D eigenvalue weighted by Gasteiger charge is 2.09. The lowest BCUT2D eigenvalue weighted by Crippen LogP contribution is -2.05. The Kier molecular flexibility index (Phi) is 4.17. The smallest absolute Gasteiger partial charge is 0.166 e. The molecule has 0 amide bonds. The highest BCUT2D eigenvalue weighted by molar-refractivity contribution is 5.39. The molecule has 2 rings (SSSR count). The lowest BCUT2D eigenvalue weighted by molar-refractivity contribution is 0.437. The van der Waals surface area contributed by atoms with Crippen LogP contribution >= 0.6 is 0 Å². The molecule has 0 heterocycles. The van der Waals surface area contributed by atoms with E-state index in [2.05, 4.69) is 0 Å². The van der Waals surface area contributed by atoms with E-state index in [9.17, 15) is 4.39 Å². The third-order valence-corrected chi connectivity index (χ3v) is 3.06. The molecule has 0 aliphatic rings. The van der Waals surface area contributed by atoms with Crippen molar-refractivity contribution in [3.8, 4) is 11.5 Å². The van der Waals surface area contributed by atoms with E-state index in [-0.39, 0.29) is 17.6 Å². The van der Waals surface area contributed by atoms with Gasteiger partial charge in [0.15, 0.2) is 11.6 Å². The number of rotatable bonds is 4. The van der Waals surface area contributed by atoms with E-state index in [0.29, 0.717) is 5.75 Å². The van der Waals surface area contributed by atoms with Crippen molar-refractivity contribution in [3.05, 3.63) is 59.4 Å². The number of para-hydroxylation sites is 1. The molecule has 2 nitrogen and oxygen atoms in total. The maximum absolute atomic E-state index is 14.0. The lowest BCUT2D eigenvalue weighted by atomic mass is 10.1. The standard InChI is InChI=1S/C16H18FNO/c1-3-12-6-4-5-7-15(12)19-16-9-8-13(11(2)18)10-14(16)17/h4-11H,3,18H2,1-2H3. The van der Waals surface area contributed by atoms with Crippen molar-refractivity contribution in [2.24, 2.45) is 5.73 Å². The Hall–Kier alpha value is -1.87. The molecule has 1 atom stereocenters. The third-order valence-electron chi connectivity index (χ3n) is 3.06. The zero-order valence-corrected chi connectivity index (χ0v) is 11.2. The zero-order chi connectivity index (χ0) is 13.8. The average molecular weight is 259 g/mol. The summed E-state index contributed by atoms with van der Waals surface area (Å²) in [7, 11) is 0. The minimum atomic E-state index is -0.388. The van der Waals surface area contributed by atoms with Crippen LogP contribution in [0.4, 0.5) is 4.39 Å². The minimum absolute atomic E-state index is 0.188. The minimum Gasteiger partial charge on any atom is -0.454 e. The number of aryl methyl sites for hydroxylation is 1. The van der Waals surface area contributed by atoms with Gasteiger partial charge in [-0.2, -0.15) is 0 Å². The molecule has 0 aromatic heterocycles. The maximum Gasteiger partial charge on any atom is 0.166 e. The Morgan fingerprint density at radius 3 is 2.53 bits per heavy atom. The molecule has 3 heteroatoms. The summed E-state index contributed by atoms with van der Waals surface area (Å²) in [6.45, 7) is 3.86. The van der Waals surface area contributed by atoms with E-state index in [1.807, 2.05) is 38.1 Å². The molecule has 0 radical (unpaired) electrons. The van der Waals surface area contributed by atoms with Crippen LogP contribution in [0.3, 0.4) is 0 Å². The molecule has 0 spiro atoms. The Morgan fingerprint density at radius 2 is 1.89 bits per heavy atom. The van der Waals surface area contributed by atoms with E-state index < -0.39 is 0 Å². The second kappa shape index (κ2) is 5.85. The van der Waals surface area contributed by atoms with Crippen molar-refractivity contribution in [2.75, 3.05) is 0 Å². The Labute approximate surface area is 113 Å². The van der Waals surface area contributed by atoms with Crippen LogP contribution in [0, 0.1) is 5.82 Å². The van der Waals surface area contributed by atoms with E-state index in [4.69, 9.17) is 10.5 Å². The van der Waals surface area contributed by atoms with Gasteiger partial charge in [0.25, 0.3) is 0 Å². The van der Waals surface area contributed by atoms with Gasteiger partial charge in [-0.15, -0.1) is 0 Å². The van der Waals surface area contributed by atoms with E-state index in [1.54, 1.807) is 12.1 Å². The normalized spacial score (nSPS) is 12.2. The largest absolute Gasteiger partial charge is 0.454 e. The first kappa shape index (κ1) is 13.6. The van der Waals surface area contributed by atoms with Crippen molar-refractivity contribution >= 4 is 0 Å². The Bertz CT molecular complexity index is 566. The fourth-order valence-corrected chi connectivity index (χ4v) is 1.90. The lowest BCUT2D eigenvalue weighted by Gasteiger charge is -2.12. The SMILES string of the molecule is CCc1ccccc1Oc1ccc(C(C)N)cc1F. The third kappa shape index (κ3) is 3.12. The molecule has 0 aliphatic heterocycles. The van der Waals surface area contributed by atoms with Gasteiger partial charge < -0.3 is 10.5 Å². The number of halogens is 1.